The minimum atomic E-state index is -4.41. The second-order valence-corrected chi connectivity index (χ2v) is 7.82. The molecule has 5 nitrogen and oxygen atoms in total. The zero-order chi connectivity index (χ0) is 23.1. The summed E-state index contributed by atoms with van der Waals surface area (Å²) >= 11 is 0. The van der Waals surface area contributed by atoms with Gasteiger partial charge in [0.25, 0.3) is 0 Å². The minimum Gasteiger partial charge on any atom is -0.494 e. The Morgan fingerprint density at radius 1 is 1.16 bits per heavy atom. The van der Waals surface area contributed by atoms with E-state index in [0.717, 1.165) is 37.6 Å². The first kappa shape index (κ1) is 23.8. The van der Waals surface area contributed by atoms with Crippen molar-refractivity contribution < 1.29 is 27.1 Å². The number of alkyl halides is 3. The molecule has 2 aromatic rings. The Kier molecular flexibility index (Phi) is 7.95. The van der Waals surface area contributed by atoms with Crippen LogP contribution in [0, 0.1) is 5.82 Å². The van der Waals surface area contributed by atoms with Gasteiger partial charge in [0.15, 0.2) is 11.6 Å². The van der Waals surface area contributed by atoms with E-state index in [1.54, 1.807) is 12.1 Å². The van der Waals surface area contributed by atoms with Crippen molar-refractivity contribution in [2.24, 2.45) is 0 Å². The number of carbonyl (C=O) groups is 1. The quantitative estimate of drug-likeness (QED) is 0.613. The highest BCUT2D eigenvalue weighted by Gasteiger charge is 2.32. The first-order valence-corrected chi connectivity index (χ1v) is 10.5. The Labute approximate surface area is 184 Å². The van der Waals surface area contributed by atoms with Crippen molar-refractivity contribution in [2.45, 2.75) is 38.0 Å². The van der Waals surface area contributed by atoms with E-state index in [2.05, 4.69) is 15.5 Å². The summed E-state index contributed by atoms with van der Waals surface area (Å²) in [7, 11) is 1.42. The van der Waals surface area contributed by atoms with Gasteiger partial charge in [-0.15, -0.1) is 0 Å². The summed E-state index contributed by atoms with van der Waals surface area (Å²) in [6.07, 6.45) is -2.84. The van der Waals surface area contributed by atoms with E-state index < -0.39 is 17.6 Å². The summed E-state index contributed by atoms with van der Waals surface area (Å²) in [5.41, 5.74) is 0.335. The minimum absolute atomic E-state index is 0.0127. The average Bonchev–Trinajstić information content (AvgIpc) is 2.75. The van der Waals surface area contributed by atoms with Crippen LogP contribution in [0.4, 0.5) is 22.4 Å². The molecule has 2 N–H and O–H groups in total. The van der Waals surface area contributed by atoms with E-state index >= 15 is 0 Å². The fourth-order valence-electron chi connectivity index (χ4n) is 3.86. The SMILES string of the molecule is COc1ccc(CN2CCC(NC(=O)NCCc3ccccc3C(F)(F)F)CC2)cc1F. The van der Waals surface area contributed by atoms with Crippen LogP contribution in [0.3, 0.4) is 0 Å². The monoisotopic (exact) mass is 453 g/mol. The number of methoxy groups -OCH3 is 1. The van der Waals surface area contributed by atoms with Crippen LogP contribution in [0.25, 0.3) is 0 Å². The number of rotatable bonds is 7. The van der Waals surface area contributed by atoms with Crippen molar-refractivity contribution >= 4 is 6.03 Å². The lowest BCUT2D eigenvalue weighted by atomic mass is 10.0. The van der Waals surface area contributed by atoms with Gasteiger partial charge in [-0.1, -0.05) is 24.3 Å². The molecule has 174 valence electrons. The maximum Gasteiger partial charge on any atom is 0.416 e. The second kappa shape index (κ2) is 10.7. The number of amides is 2. The molecule has 9 heteroatoms. The summed E-state index contributed by atoms with van der Waals surface area (Å²) < 4.78 is 57.9. The van der Waals surface area contributed by atoms with Crippen molar-refractivity contribution in [1.29, 1.82) is 0 Å². The largest absolute Gasteiger partial charge is 0.494 e. The first-order valence-electron chi connectivity index (χ1n) is 10.5. The van der Waals surface area contributed by atoms with E-state index in [1.165, 1.54) is 25.3 Å². The van der Waals surface area contributed by atoms with Crippen LogP contribution in [0.5, 0.6) is 5.75 Å². The highest BCUT2D eigenvalue weighted by atomic mass is 19.4. The maximum absolute atomic E-state index is 13.8. The number of ether oxygens (including phenoxy) is 1. The van der Waals surface area contributed by atoms with Crippen molar-refractivity contribution in [1.82, 2.24) is 15.5 Å². The number of urea groups is 1. The Hall–Kier alpha value is -2.81. The van der Waals surface area contributed by atoms with Gasteiger partial charge in [0.05, 0.1) is 12.7 Å². The van der Waals surface area contributed by atoms with Crippen LogP contribution in [-0.4, -0.2) is 43.7 Å². The predicted molar refractivity (Wildman–Crippen MR) is 113 cm³/mol. The molecule has 1 heterocycles. The Bertz CT molecular complexity index is 912. The molecule has 0 aromatic heterocycles. The molecular formula is C23H27F4N3O2. The molecule has 0 saturated carbocycles. The number of hydrogen-bond donors (Lipinski definition) is 2. The number of benzene rings is 2. The highest BCUT2D eigenvalue weighted by molar-refractivity contribution is 5.74. The molecular weight excluding hydrogens is 426 g/mol. The highest BCUT2D eigenvalue weighted by Crippen LogP contribution is 2.31. The topological polar surface area (TPSA) is 53.6 Å². The van der Waals surface area contributed by atoms with Crippen LogP contribution in [0.2, 0.25) is 0 Å². The Balaban J connectivity index is 1.39. The van der Waals surface area contributed by atoms with Crippen LogP contribution < -0.4 is 15.4 Å². The smallest absolute Gasteiger partial charge is 0.416 e. The van der Waals surface area contributed by atoms with E-state index in [9.17, 15) is 22.4 Å². The number of halogens is 4. The molecule has 2 aromatic carbocycles. The van der Waals surface area contributed by atoms with E-state index in [0.29, 0.717) is 6.54 Å². The molecule has 0 radical (unpaired) electrons. The van der Waals surface area contributed by atoms with Gasteiger partial charge in [0.2, 0.25) is 0 Å². The Morgan fingerprint density at radius 3 is 2.53 bits per heavy atom. The Morgan fingerprint density at radius 2 is 1.88 bits per heavy atom. The van der Waals surface area contributed by atoms with Crippen LogP contribution in [0.15, 0.2) is 42.5 Å². The normalized spacial score (nSPS) is 15.4. The van der Waals surface area contributed by atoms with Gasteiger partial charge in [-0.2, -0.15) is 13.2 Å². The second-order valence-electron chi connectivity index (χ2n) is 7.82. The third kappa shape index (κ3) is 6.59. The van der Waals surface area contributed by atoms with E-state index in [4.69, 9.17) is 4.74 Å². The molecule has 3 rings (SSSR count). The molecule has 0 aliphatic carbocycles. The number of likely N-dealkylation sites (tertiary alicyclic amines) is 1. The number of nitrogens with zero attached hydrogens (tertiary/aromatic N) is 1. The number of piperidine rings is 1. The van der Waals surface area contributed by atoms with Gasteiger partial charge in [-0.3, -0.25) is 4.90 Å². The summed E-state index contributed by atoms with van der Waals surface area (Å²) in [6.45, 7) is 2.22. The summed E-state index contributed by atoms with van der Waals surface area (Å²) in [5, 5.41) is 5.52. The molecule has 0 unspecified atom stereocenters. The standard InChI is InChI=1S/C23H27F4N3O2/c1-32-21-7-6-16(14-20(21)24)15-30-12-9-18(10-13-30)29-22(31)28-11-8-17-4-2-3-5-19(17)23(25,26)27/h2-7,14,18H,8-13,15H2,1H3,(H2,28,29,31). The summed E-state index contributed by atoms with van der Waals surface area (Å²) in [4.78, 5) is 14.3. The van der Waals surface area contributed by atoms with Crippen LogP contribution in [-0.2, 0) is 19.1 Å². The molecule has 2 amide bonds. The zero-order valence-corrected chi connectivity index (χ0v) is 17.8. The lowest BCUT2D eigenvalue weighted by molar-refractivity contribution is -0.138. The summed E-state index contributed by atoms with van der Waals surface area (Å²) in [5.74, 6) is -0.180. The molecule has 1 saturated heterocycles. The molecule has 0 atom stereocenters. The number of nitrogens with one attached hydrogen (secondary N) is 2. The maximum atomic E-state index is 13.8. The molecule has 1 aliphatic heterocycles. The lowest BCUT2D eigenvalue weighted by Gasteiger charge is -2.32. The van der Waals surface area contributed by atoms with Gasteiger partial charge < -0.3 is 15.4 Å². The third-order valence-corrected chi connectivity index (χ3v) is 5.55. The summed E-state index contributed by atoms with van der Waals surface area (Å²) in [6, 6.07) is 9.88. The van der Waals surface area contributed by atoms with Gasteiger partial charge >= 0.3 is 12.2 Å². The average molecular weight is 453 g/mol. The fraction of sp³-hybridized carbons (Fsp3) is 0.435. The third-order valence-electron chi connectivity index (χ3n) is 5.55. The van der Waals surface area contributed by atoms with Gasteiger partial charge in [0.1, 0.15) is 0 Å². The number of hydrogen-bond acceptors (Lipinski definition) is 3. The molecule has 0 spiro atoms. The van der Waals surface area contributed by atoms with Crippen molar-refractivity contribution in [3.8, 4) is 5.75 Å². The molecule has 1 fully saturated rings. The van der Waals surface area contributed by atoms with Crippen molar-refractivity contribution in [2.75, 3.05) is 26.7 Å². The molecule has 0 bridgehead atoms. The first-order chi connectivity index (χ1) is 15.3. The van der Waals surface area contributed by atoms with Crippen LogP contribution >= 0.6 is 0 Å². The van der Waals surface area contributed by atoms with E-state index in [1.807, 2.05) is 6.07 Å². The van der Waals surface area contributed by atoms with Gasteiger partial charge in [-0.05, 0) is 48.6 Å². The van der Waals surface area contributed by atoms with Crippen LogP contribution in [0.1, 0.15) is 29.5 Å². The fourth-order valence-corrected chi connectivity index (χ4v) is 3.86. The lowest BCUT2D eigenvalue weighted by Crippen LogP contribution is -2.48. The zero-order valence-electron chi connectivity index (χ0n) is 17.8. The van der Waals surface area contributed by atoms with E-state index in [-0.39, 0.29) is 36.4 Å². The number of carbonyl (C=O) groups excluding carboxylic acids is 1. The predicted octanol–water partition coefficient (Wildman–Crippen LogP) is 4.36. The molecule has 1 aliphatic rings. The molecule has 32 heavy (non-hydrogen) atoms. The van der Waals surface area contributed by atoms with Crippen molar-refractivity contribution in [3.63, 3.8) is 0 Å². The van der Waals surface area contributed by atoms with Crippen molar-refractivity contribution in [3.05, 3.63) is 65.0 Å². The van der Waals surface area contributed by atoms with Gasteiger partial charge in [0, 0.05) is 32.2 Å². The van der Waals surface area contributed by atoms with Gasteiger partial charge in [-0.25, -0.2) is 9.18 Å².